The Labute approximate surface area is 115 Å². The zero-order chi connectivity index (χ0) is 13.2. The molecule has 1 aromatic carbocycles. The molecule has 3 aromatic rings. The van der Waals surface area contributed by atoms with Crippen molar-refractivity contribution in [3.63, 3.8) is 0 Å². The fourth-order valence-electron chi connectivity index (χ4n) is 2.10. The second-order valence-corrected chi connectivity index (χ2v) is 4.63. The fourth-order valence-corrected chi connectivity index (χ4v) is 2.27. The highest BCUT2D eigenvalue weighted by molar-refractivity contribution is 6.31. The lowest BCUT2D eigenvalue weighted by Crippen LogP contribution is -2.05. The normalized spacial score (nSPS) is 11.3. The molecule has 0 aliphatic carbocycles. The van der Waals surface area contributed by atoms with E-state index in [1.54, 1.807) is 13.4 Å². The lowest BCUT2D eigenvalue weighted by Gasteiger charge is -2.06. The summed E-state index contributed by atoms with van der Waals surface area (Å²) in [6.45, 7) is 1.30. The first-order valence-electron chi connectivity index (χ1n) is 5.98. The SMILES string of the molecule is COCCn1c(-c2ccco2)nc2ccc(Cl)cc21. The highest BCUT2D eigenvalue weighted by atomic mass is 35.5. The van der Waals surface area contributed by atoms with E-state index in [2.05, 4.69) is 9.55 Å². The fraction of sp³-hybridized carbons (Fsp3) is 0.214. The zero-order valence-corrected chi connectivity index (χ0v) is 11.2. The Morgan fingerprint density at radius 2 is 2.26 bits per heavy atom. The lowest BCUT2D eigenvalue weighted by molar-refractivity contribution is 0.188. The van der Waals surface area contributed by atoms with Gasteiger partial charge in [0.15, 0.2) is 11.6 Å². The predicted octanol–water partition coefficient (Wildman–Crippen LogP) is 3.60. The molecule has 2 heterocycles. The third-order valence-electron chi connectivity index (χ3n) is 2.97. The van der Waals surface area contributed by atoms with Gasteiger partial charge in [-0.2, -0.15) is 0 Å². The van der Waals surface area contributed by atoms with Crippen LogP contribution in [-0.4, -0.2) is 23.3 Å². The Hall–Kier alpha value is -1.78. The molecule has 0 N–H and O–H groups in total. The summed E-state index contributed by atoms with van der Waals surface area (Å²) < 4.78 is 12.7. The van der Waals surface area contributed by atoms with Gasteiger partial charge in [0, 0.05) is 18.7 Å². The molecule has 5 heteroatoms. The number of halogens is 1. The van der Waals surface area contributed by atoms with Crippen LogP contribution in [0.2, 0.25) is 5.02 Å². The molecule has 0 fully saturated rings. The Kier molecular flexibility index (Phi) is 3.27. The second kappa shape index (κ2) is 5.07. The van der Waals surface area contributed by atoms with Gasteiger partial charge in [-0.1, -0.05) is 11.6 Å². The molecule has 0 saturated carbocycles. The maximum atomic E-state index is 6.06. The third-order valence-corrected chi connectivity index (χ3v) is 3.21. The van der Waals surface area contributed by atoms with Gasteiger partial charge in [0.25, 0.3) is 0 Å². The van der Waals surface area contributed by atoms with Gasteiger partial charge in [-0.05, 0) is 30.3 Å². The van der Waals surface area contributed by atoms with Gasteiger partial charge < -0.3 is 13.7 Å². The van der Waals surface area contributed by atoms with Gasteiger partial charge in [0.05, 0.1) is 23.9 Å². The number of furan rings is 1. The Balaban J connectivity index is 2.19. The van der Waals surface area contributed by atoms with E-state index in [0.29, 0.717) is 18.2 Å². The molecule has 2 aromatic heterocycles. The molecule has 0 amide bonds. The number of rotatable bonds is 4. The van der Waals surface area contributed by atoms with E-state index < -0.39 is 0 Å². The summed E-state index contributed by atoms with van der Waals surface area (Å²) in [4.78, 5) is 4.60. The smallest absolute Gasteiger partial charge is 0.177 e. The monoisotopic (exact) mass is 276 g/mol. The van der Waals surface area contributed by atoms with Crippen molar-refractivity contribution in [3.05, 3.63) is 41.6 Å². The predicted molar refractivity (Wildman–Crippen MR) is 74.3 cm³/mol. The molecular formula is C14H13ClN2O2. The van der Waals surface area contributed by atoms with Gasteiger partial charge in [-0.15, -0.1) is 0 Å². The average molecular weight is 277 g/mol. The highest BCUT2D eigenvalue weighted by Crippen LogP contribution is 2.27. The first-order chi connectivity index (χ1) is 9.29. The number of benzene rings is 1. The van der Waals surface area contributed by atoms with Gasteiger partial charge in [-0.25, -0.2) is 4.98 Å². The Morgan fingerprint density at radius 3 is 3.00 bits per heavy atom. The molecule has 0 aliphatic rings. The zero-order valence-electron chi connectivity index (χ0n) is 10.5. The maximum Gasteiger partial charge on any atom is 0.177 e. The summed E-state index contributed by atoms with van der Waals surface area (Å²) in [5, 5.41) is 0.692. The van der Waals surface area contributed by atoms with Crippen molar-refractivity contribution in [1.29, 1.82) is 0 Å². The molecule has 4 nitrogen and oxygen atoms in total. The van der Waals surface area contributed by atoms with Crippen molar-refractivity contribution in [2.24, 2.45) is 0 Å². The summed E-state index contributed by atoms with van der Waals surface area (Å²) >= 11 is 6.06. The summed E-state index contributed by atoms with van der Waals surface area (Å²) in [7, 11) is 1.68. The Morgan fingerprint density at radius 1 is 1.37 bits per heavy atom. The number of hydrogen-bond donors (Lipinski definition) is 0. The van der Waals surface area contributed by atoms with E-state index in [0.717, 1.165) is 22.6 Å². The molecule has 0 bridgehead atoms. The number of ether oxygens (including phenoxy) is 1. The minimum Gasteiger partial charge on any atom is -0.461 e. The van der Waals surface area contributed by atoms with Crippen LogP contribution in [0.4, 0.5) is 0 Å². The topological polar surface area (TPSA) is 40.2 Å². The number of aromatic nitrogens is 2. The van der Waals surface area contributed by atoms with Crippen LogP contribution in [0.25, 0.3) is 22.6 Å². The maximum absolute atomic E-state index is 6.06. The minimum absolute atomic E-state index is 0.603. The van der Waals surface area contributed by atoms with Crippen LogP contribution in [0.3, 0.4) is 0 Å². The van der Waals surface area contributed by atoms with Crippen molar-refractivity contribution in [2.75, 3.05) is 13.7 Å². The van der Waals surface area contributed by atoms with E-state index in [1.807, 2.05) is 30.3 Å². The summed E-state index contributed by atoms with van der Waals surface area (Å²) in [6.07, 6.45) is 1.64. The second-order valence-electron chi connectivity index (χ2n) is 4.19. The molecule has 0 saturated heterocycles. The van der Waals surface area contributed by atoms with Crippen molar-refractivity contribution < 1.29 is 9.15 Å². The molecule has 3 rings (SSSR count). The lowest BCUT2D eigenvalue weighted by atomic mass is 10.3. The van der Waals surface area contributed by atoms with E-state index in [1.165, 1.54) is 0 Å². The van der Waals surface area contributed by atoms with E-state index >= 15 is 0 Å². The van der Waals surface area contributed by atoms with Crippen molar-refractivity contribution >= 4 is 22.6 Å². The molecule has 98 valence electrons. The van der Waals surface area contributed by atoms with Gasteiger partial charge in [-0.3, -0.25) is 0 Å². The summed E-state index contributed by atoms with van der Waals surface area (Å²) in [6, 6.07) is 9.40. The minimum atomic E-state index is 0.603. The third kappa shape index (κ3) is 2.25. The van der Waals surface area contributed by atoms with E-state index in [-0.39, 0.29) is 0 Å². The highest BCUT2D eigenvalue weighted by Gasteiger charge is 2.14. The molecule has 0 radical (unpaired) electrons. The van der Waals surface area contributed by atoms with Crippen LogP contribution >= 0.6 is 11.6 Å². The Bertz CT molecular complexity index is 689. The molecule has 0 aliphatic heterocycles. The standard InChI is InChI=1S/C14H13ClN2O2/c1-18-8-6-17-12-9-10(15)4-5-11(12)16-14(17)13-3-2-7-19-13/h2-5,7,9H,6,8H2,1H3. The average Bonchev–Trinajstić information content (AvgIpc) is 3.03. The van der Waals surface area contributed by atoms with Crippen molar-refractivity contribution in [3.8, 4) is 11.6 Å². The van der Waals surface area contributed by atoms with Crippen LogP contribution in [0.15, 0.2) is 41.0 Å². The first-order valence-corrected chi connectivity index (χ1v) is 6.36. The van der Waals surface area contributed by atoms with E-state index in [4.69, 9.17) is 20.8 Å². The number of methoxy groups -OCH3 is 1. The number of imidazole rings is 1. The van der Waals surface area contributed by atoms with Crippen LogP contribution < -0.4 is 0 Å². The van der Waals surface area contributed by atoms with Crippen LogP contribution in [0.1, 0.15) is 0 Å². The van der Waals surface area contributed by atoms with Gasteiger partial charge in [0.2, 0.25) is 0 Å². The summed E-state index contributed by atoms with van der Waals surface area (Å²) in [5.74, 6) is 1.53. The molecule has 0 atom stereocenters. The first kappa shape index (κ1) is 12.3. The quantitative estimate of drug-likeness (QED) is 0.731. The number of fused-ring (bicyclic) bond motifs is 1. The van der Waals surface area contributed by atoms with Crippen molar-refractivity contribution in [2.45, 2.75) is 6.54 Å². The molecular weight excluding hydrogens is 264 g/mol. The van der Waals surface area contributed by atoms with Crippen LogP contribution in [-0.2, 0) is 11.3 Å². The number of hydrogen-bond acceptors (Lipinski definition) is 3. The molecule has 19 heavy (non-hydrogen) atoms. The van der Waals surface area contributed by atoms with E-state index in [9.17, 15) is 0 Å². The van der Waals surface area contributed by atoms with Crippen molar-refractivity contribution in [1.82, 2.24) is 9.55 Å². The molecule has 0 unspecified atom stereocenters. The van der Waals surface area contributed by atoms with Gasteiger partial charge in [0.1, 0.15) is 0 Å². The number of nitrogens with zero attached hydrogens (tertiary/aromatic N) is 2. The molecule has 0 spiro atoms. The van der Waals surface area contributed by atoms with Gasteiger partial charge >= 0.3 is 0 Å². The summed E-state index contributed by atoms with van der Waals surface area (Å²) in [5.41, 5.74) is 1.88. The van der Waals surface area contributed by atoms with Crippen LogP contribution in [0, 0.1) is 0 Å². The largest absolute Gasteiger partial charge is 0.461 e. The van der Waals surface area contributed by atoms with Crippen LogP contribution in [0.5, 0.6) is 0 Å².